The molecule has 1 amide bonds. The van der Waals surface area contributed by atoms with Crippen molar-refractivity contribution in [1.82, 2.24) is 5.32 Å². The van der Waals surface area contributed by atoms with Crippen LogP contribution in [0, 0.1) is 16.2 Å². The molecule has 0 radical (unpaired) electrons. The molecule has 16 heavy (non-hydrogen) atoms. The zero-order chi connectivity index (χ0) is 12.4. The van der Waals surface area contributed by atoms with E-state index in [1.165, 1.54) is 0 Å². The Bertz CT molecular complexity index is 352. The summed E-state index contributed by atoms with van der Waals surface area (Å²) in [6, 6.07) is 0.0873. The van der Waals surface area contributed by atoms with Crippen molar-refractivity contribution in [2.24, 2.45) is 16.2 Å². The Labute approximate surface area is 95.4 Å². The Morgan fingerprint density at radius 2 is 1.56 bits per heavy atom. The van der Waals surface area contributed by atoms with E-state index in [0.29, 0.717) is 12.8 Å². The molecule has 0 aromatic rings. The molecular formula is C12H19NO3. The van der Waals surface area contributed by atoms with Crippen LogP contribution in [0.1, 0.15) is 40.5 Å². The molecule has 2 saturated carbocycles. The summed E-state index contributed by atoms with van der Waals surface area (Å²) < 4.78 is 0. The maximum Gasteiger partial charge on any atom is 0.319 e. The number of hydrogen-bond acceptors (Lipinski definition) is 2. The van der Waals surface area contributed by atoms with E-state index >= 15 is 0 Å². The molecule has 2 fully saturated rings. The SMILES string of the molecule is CC1(C)C(NC(=O)C2(C(=O)O)CC2)C1(C)C. The van der Waals surface area contributed by atoms with E-state index in [1.807, 2.05) is 0 Å². The van der Waals surface area contributed by atoms with Gasteiger partial charge >= 0.3 is 5.97 Å². The minimum absolute atomic E-state index is 0.0528. The average Bonchev–Trinajstić information content (AvgIpc) is 2.99. The largest absolute Gasteiger partial charge is 0.480 e. The maximum atomic E-state index is 11.9. The molecule has 2 rings (SSSR count). The van der Waals surface area contributed by atoms with Gasteiger partial charge in [0.25, 0.3) is 0 Å². The van der Waals surface area contributed by atoms with Crippen molar-refractivity contribution in [3.63, 3.8) is 0 Å². The van der Waals surface area contributed by atoms with Crippen molar-refractivity contribution in [3.05, 3.63) is 0 Å². The molecule has 2 N–H and O–H groups in total. The minimum atomic E-state index is -1.12. The number of carboxylic acid groups (broad SMARTS) is 1. The van der Waals surface area contributed by atoms with Crippen LogP contribution in [-0.2, 0) is 9.59 Å². The Morgan fingerprint density at radius 1 is 1.12 bits per heavy atom. The first-order chi connectivity index (χ1) is 7.16. The molecule has 2 aliphatic carbocycles. The van der Waals surface area contributed by atoms with Gasteiger partial charge in [-0.25, -0.2) is 0 Å². The van der Waals surface area contributed by atoms with Gasteiger partial charge in [0.1, 0.15) is 5.41 Å². The lowest BCUT2D eigenvalue weighted by Crippen LogP contribution is -2.40. The molecule has 90 valence electrons. The average molecular weight is 225 g/mol. The van der Waals surface area contributed by atoms with Gasteiger partial charge in [-0.05, 0) is 23.7 Å². The van der Waals surface area contributed by atoms with Crippen LogP contribution in [0.25, 0.3) is 0 Å². The monoisotopic (exact) mass is 225 g/mol. The van der Waals surface area contributed by atoms with E-state index in [-0.39, 0.29) is 22.8 Å². The summed E-state index contributed by atoms with van der Waals surface area (Å²) in [7, 11) is 0. The first kappa shape index (κ1) is 11.4. The van der Waals surface area contributed by atoms with Crippen LogP contribution >= 0.6 is 0 Å². The van der Waals surface area contributed by atoms with Crippen LogP contribution in [0.5, 0.6) is 0 Å². The number of rotatable bonds is 3. The van der Waals surface area contributed by atoms with Crippen molar-refractivity contribution in [2.45, 2.75) is 46.6 Å². The number of carboxylic acids is 1. The molecule has 0 aromatic heterocycles. The fourth-order valence-corrected chi connectivity index (χ4v) is 2.49. The molecule has 0 heterocycles. The Balaban J connectivity index is 2.04. The second kappa shape index (κ2) is 2.79. The summed E-state index contributed by atoms with van der Waals surface area (Å²) in [4.78, 5) is 22.9. The summed E-state index contributed by atoms with van der Waals surface area (Å²) in [6.07, 6.45) is 0.948. The standard InChI is InChI=1S/C12H19NO3/c1-10(2)7(11(10,3)4)13-8(14)12(5-6-12)9(15)16/h7H,5-6H2,1-4H3,(H,13,14)(H,15,16). The van der Waals surface area contributed by atoms with E-state index in [0.717, 1.165) is 0 Å². The number of aliphatic carboxylic acids is 1. The minimum Gasteiger partial charge on any atom is -0.480 e. The highest BCUT2D eigenvalue weighted by Crippen LogP contribution is 2.63. The number of hydrogen-bond donors (Lipinski definition) is 2. The Hall–Kier alpha value is -1.06. The van der Waals surface area contributed by atoms with Crippen molar-refractivity contribution in [1.29, 1.82) is 0 Å². The molecule has 0 aromatic carbocycles. The molecule has 2 aliphatic rings. The van der Waals surface area contributed by atoms with Gasteiger partial charge in [0.05, 0.1) is 0 Å². The number of carbonyl (C=O) groups excluding carboxylic acids is 1. The fourth-order valence-electron chi connectivity index (χ4n) is 2.49. The molecule has 0 aliphatic heterocycles. The van der Waals surface area contributed by atoms with Gasteiger partial charge in [-0.1, -0.05) is 27.7 Å². The molecule has 4 nitrogen and oxygen atoms in total. The van der Waals surface area contributed by atoms with Crippen LogP contribution < -0.4 is 5.32 Å². The van der Waals surface area contributed by atoms with Gasteiger partial charge in [0.15, 0.2) is 0 Å². The van der Waals surface area contributed by atoms with E-state index < -0.39 is 11.4 Å². The fraction of sp³-hybridized carbons (Fsp3) is 0.833. The summed E-state index contributed by atoms with van der Waals surface area (Å²) in [5.74, 6) is -1.29. The Morgan fingerprint density at radius 3 is 1.81 bits per heavy atom. The zero-order valence-electron chi connectivity index (χ0n) is 10.3. The van der Waals surface area contributed by atoms with Gasteiger partial charge in [-0.3, -0.25) is 9.59 Å². The van der Waals surface area contributed by atoms with Crippen LogP contribution in [0.15, 0.2) is 0 Å². The van der Waals surface area contributed by atoms with Crippen molar-refractivity contribution >= 4 is 11.9 Å². The zero-order valence-corrected chi connectivity index (χ0v) is 10.3. The predicted molar refractivity (Wildman–Crippen MR) is 58.8 cm³/mol. The van der Waals surface area contributed by atoms with Gasteiger partial charge in [0, 0.05) is 6.04 Å². The number of nitrogens with one attached hydrogen (secondary N) is 1. The van der Waals surface area contributed by atoms with Gasteiger partial charge in [-0.15, -0.1) is 0 Å². The number of carbonyl (C=O) groups is 2. The normalized spacial score (nSPS) is 28.2. The molecular weight excluding hydrogens is 206 g/mol. The van der Waals surface area contributed by atoms with Crippen LogP contribution in [0.3, 0.4) is 0 Å². The molecule has 0 unspecified atom stereocenters. The third-order valence-corrected chi connectivity index (χ3v) is 4.89. The second-order valence-corrected chi connectivity index (χ2v) is 6.24. The van der Waals surface area contributed by atoms with Crippen LogP contribution in [-0.4, -0.2) is 23.0 Å². The third kappa shape index (κ3) is 1.22. The van der Waals surface area contributed by atoms with Crippen molar-refractivity contribution in [3.8, 4) is 0 Å². The van der Waals surface area contributed by atoms with Crippen molar-refractivity contribution in [2.75, 3.05) is 0 Å². The summed E-state index contributed by atoms with van der Waals surface area (Å²) in [5, 5.41) is 11.9. The lowest BCUT2D eigenvalue weighted by Gasteiger charge is -2.12. The lowest BCUT2D eigenvalue weighted by atomic mass is 10.0. The smallest absolute Gasteiger partial charge is 0.319 e. The predicted octanol–water partition coefficient (Wildman–Crippen LogP) is 1.40. The maximum absolute atomic E-state index is 11.9. The Kier molecular flexibility index (Phi) is 1.99. The highest BCUT2D eigenvalue weighted by atomic mass is 16.4. The first-order valence-electron chi connectivity index (χ1n) is 5.70. The summed E-state index contributed by atoms with van der Waals surface area (Å²) in [6.45, 7) is 8.38. The topological polar surface area (TPSA) is 66.4 Å². The third-order valence-electron chi connectivity index (χ3n) is 4.89. The number of amides is 1. The molecule has 4 heteroatoms. The van der Waals surface area contributed by atoms with Gasteiger partial charge in [0.2, 0.25) is 5.91 Å². The van der Waals surface area contributed by atoms with E-state index in [4.69, 9.17) is 5.11 Å². The first-order valence-corrected chi connectivity index (χ1v) is 5.70. The van der Waals surface area contributed by atoms with Crippen molar-refractivity contribution < 1.29 is 14.7 Å². The summed E-state index contributed by atoms with van der Waals surface area (Å²) in [5.41, 5.74) is -1.01. The van der Waals surface area contributed by atoms with E-state index in [2.05, 4.69) is 33.0 Å². The quantitative estimate of drug-likeness (QED) is 0.713. The second-order valence-electron chi connectivity index (χ2n) is 6.24. The highest BCUT2D eigenvalue weighted by Gasteiger charge is 2.67. The molecule has 0 saturated heterocycles. The molecule has 0 bridgehead atoms. The van der Waals surface area contributed by atoms with E-state index in [9.17, 15) is 9.59 Å². The van der Waals surface area contributed by atoms with Crippen LogP contribution in [0.2, 0.25) is 0 Å². The van der Waals surface area contributed by atoms with Crippen LogP contribution in [0.4, 0.5) is 0 Å². The molecule has 0 spiro atoms. The summed E-state index contributed by atoms with van der Waals surface area (Å²) >= 11 is 0. The molecule has 0 atom stereocenters. The highest BCUT2D eigenvalue weighted by molar-refractivity contribution is 6.05. The lowest BCUT2D eigenvalue weighted by molar-refractivity contribution is -0.149. The van der Waals surface area contributed by atoms with Gasteiger partial charge < -0.3 is 10.4 Å². The van der Waals surface area contributed by atoms with E-state index in [1.54, 1.807) is 0 Å². The van der Waals surface area contributed by atoms with Gasteiger partial charge in [-0.2, -0.15) is 0 Å².